The Bertz CT molecular complexity index is 1150. The van der Waals surface area contributed by atoms with Gasteiger partial charge in [0.15, 0.2) is 0 Å². The molecule has 0 fully saturated rings. The fourth-order valence-corrected chi connectivity index (χ4v) is 5.30. The normalized spacial score (nSPS) is 22.6. The molecular weight excluding hydrogens is 326 g/mol. The van der Waals surface area contributed by atoms with Gasteiger partial charge in [-0.1, -0.05) is 91.0 Å². The molecule has 27 heavy (non-hydrogen) atoms. The maximum atomic E-state index is 3.96. The van der Waals surface area contributed by atoms with Crippen LogP contribution in [0, 0.1) is 5.92 Å². The van der Waals surface area contributed by atoms with Gasteiger partial charge in [-0.05, 0) is 40.0 Å². The number of benzene rings is 4. The first-order valence-electron chi connectivity index (χ1n) is 9.81. The largest absolute Gasteiger partial charge is 0.377 e. The average molecular weight is 347 g/mol. The van der Waals surface area contributed by atoms with Crippen LogP contribution in [-0.2, 0) is 6.42 Å². The van der Waals surface area contributed by atoms with Crippen molar-refractivity contribution >= 4 is 16.5 Å². The molecule has 1 aliphatic heterocycles. The first-order valence-corrected chi connectivity index (χ1v) is 9.81. The standard InChI is InChI=1S/C26H21N/c1-2-9-18(10-3-1)25-23-16-19-11-5-6-12-20(19)24(23)22-15-14-17-8-4-7-13-21(17)26(22)27-25/h1-15,23-25,27H,16H2/t23-,24-,25-/m1/s1. The third kappa shape index (κ3) is 2.18. The van der Waals surface area contributed by atoms with Crippen molar-refractivity contribution in [3.8, 4) is 0 Å². The molecular formula is C26H21N. The highest BCUT2D eigenvalue weighted by atomic mass is 15.0. The molecule has 0 saturated heterocycles. The molecule has 0 amide bonds. The Kier molecular flexibility index (Phi) is 3.19. The van der Waals surface area contributed by atoms with Gasteiger partial charge in [-0.25, -0.2) is 0 Å². The van der Waals surface area contributed by atoms with Crippen LogP contribution in [0.3, 0.4) is 0 Å². The highest BCUT2D eigenvalue weighted by Crippen LogP contribution is 2.54. The summed E-state index contributed by atoms with van der Waals surface area (Å²) in [6, 6.07) is 33.7. The van der Waals surface area contributed by atoms with Crippen molar-refractivity contribution in [1.82, 2.24) is 0 Å². The van der Waals surface area contributed by atoms with Gasteiger partial charge < -0.3 is 5.32 Å². The molecule has 4 aromatic rings. The molecule has 0 unspecified atom stereocenters. The van der Waals surface area contributed by atoms with Crippen molar-refractivity contribution < 1.29 is 0 Å². The number of nitrogens with one attached hydrogen (secondary N) is 1. The summed E-state index contributed by atoms with van der Waals surface area (Å²) in [6.45, 7) is 0. The van der Waals surface area contributed by atoms with Gasteiger partial charge in [0.1, 0.15) is 0 Å². The zero-order valence-corrected chi connectivity index (χ0v) is 15.1. The van der Waals surface area contributed by atoms with E-state index < -0.39 is 0 Å². The monoisotopic (exact) mass is 347 g/mol. The number of fused-ring (bicyclic) bond motifs is 7. The highest BCUT2D eigenvalue weighted by molar-refractivity contribution is 5.96. The predicted molar refractivity (Wildman–Crippen MR) is 112 cm³/mol. The smallest absolute Gasteiger partial charge is 0.0554 e. The lowest BCUT2D eigenvalue weighted by molar-refractivity contribution is 0.422. The summed E-state index contributed by atoms with van der Waals surface area (Å²) in [5, 5.41) is 6.60. The maximum absolute atomic E-state index is 3.96. The molecule has 0 saturated carbocycles. The van der Waals surface area contributed by atoms with E-state index in [4.69, 9.17) is 0 Å². The van der Waals surface area contributed by atoms with Crippen LogP contribution in [0.2, 0.25) is 0 Å². The molecule has 6 rings (SSSR count). The molecule has 1 nitrogen and oxygen atoms in total. The molecule has 0 radical (unpaired) electrons. The summed E-state index contributed by atoms with van der Waals surface area (Å²) in [6.07, 6.45) is 1.14. The fourth-order valence-electron chi connectivity index (χ4n) is 5.30. The van der Waals surface area contributed by atoms with E-state index in [1.165, 1.54) is 38.7 Å². The molecule has 1 aliphatic carbocycles. The minimum Gasteiger partial charge on any atom is -0.377 e. The summed E-state index contributed by atoms with van der Waals surface area (Å²) < 4.78 is 0. The zero-order chi connectivity index (χ0) is 17.8. The molecule has 0 spiro atoms. The van der Waals surface area contributed by atoms with Crippen LogP contribution in [0.15, 0.2) is 91.0 Å². The van der Waals surface area contributed by atoms with E-state index in [1.807, 2.05) is 0 Å². The minimum absolute atomic E-state index is 0.335. The average Bonchev–Trinajstić information content (AvgIpc) is 3.13. The lowest BCUT2D eigenvalue weighted by Gasteiger charge is -2.38. The van der Waals surface area contributed by atoms with Crippen LogP contribution in [0.4, 0.5) is 5.69 Å². The van der Waals surface area contributed by atoms with Crippen LogP contribution >= 0.6 is 0 Å². The van der Waals surface area contributed by atoms with Crippen molar-refractivity contribution in [3.05, 3.63) is 113 Å². The van der Waals surface area contributed by atoms with E-state index >= 15 is 0 Å². The van der Waals surface area contributed by atoms with Crippen molar-refractivity contribution in [2.24, 2.45) is 5.92 Å². The van der Waals surface area contributed by atoms with Gasteiger partial charge >= 0.3 is 0 Å². The van der Waals surface area contributed by atoms with E-state index in [2.05, 4.69) is 96.3 Å². The van der Waals surface area contributed by atoms with Gasteiger partial charge in [-0.15, -0.1) is 0 Å². The van der Waals surface area contributed by atoms with E-state index in [1.54, 1.807) is 0 Å². The second-order valence-corrected chi connectivity index (χ2v) is 7.83. The SMILES string of the molecule is c1ccc([C@H]2Nc3c(ccc4ccccc34)[C@H]3c4ccccc4C[C@H]32)cc1. The number of hydrogen-bond donors (Lipinski definition) is 1. The minimum atomic E-state index is 0.335. The Labute approximate surface area is 159 Å². The second-order valence-electron chi connectivity index (χ2n) is 7.83. The molecule has 0 bridgehead atoms. The maximum Gasteiger partial charge on any atom is 0.0554 e. The zero-order valence-electron chi connectivity index (χ0n) is 15.1. The lowest BCUT2D eigenvalue weighted by Crippen LogP contribution is -2.30. The van der Waals surface area contributed by atoms with Gasteiger partial charge in [-0.3, -0.25) is 0 Å². The fraction of sp³-hybridized carbons (Fsp3) is 0.154. The van der Waals surface area contributed by atoms with Crippen molar-refractivity contribution in [2.45, 2.75) is 18.4 Å². The van der Waals surface area contributed by atoms with Gasteiger partial charge in [0.2, 0.25) is 0 Å². The van der Waals surface area contributed by atoms with E-state index in [0.717, 1.165) is 6.42 Å². The first-order chi connectivity index (χ1) is 13.4. The van der Waals surface area contributed by atoms with Crippen LogP contribution in [0.5, 0.6) is 0 Å². The van der Waals surface area contributed by atoms with Gasteiger partial charge in [0, 0.05) is 17.0 Å². The Morgan fingerprint density at radius 2 is 1.44 bits per heavy atom. The molecule has 1 heteroatoms. The molecule has 1 N–H and O–H groups in total. The Hall–Kier alpha value is -3.06. The third-order valence-electron chi connectivity index (χ3n) is 6.46. The quantitative estimate of drug-likeness (QED) is 0.425. The molecule has 4 aromatic carbocycles. The Morgan fingerprint density at radius 3 is 2.37 bits per heavy atom. The summed E-state index contributed by atoms with van der Waals surface area (Å²) >= 11 is 0. The van der Waals surface area contributed by atoms with E-state index in [9.17, 15) is 0 Å². The summed E-state index contributed by atoms with van der Waals surface area (Å²) in [5.41, 5.74) is 7.19. The Balaban J connectivity index is 1.62. The van der Waals surface area contributed by atoms with Crippen LogP contribution < -0.4 is 5.32 Å². The number of hydrogen-bond acceptors (Lipinski definition) is 1. The molecule has 0 aromatic heterocycles. The summed E-state index contributed by atoms with van der Waals surface area (Å²) in [5.74, 6) is 1.02. The van der Waals surface area contributed by atoms with Gasteiger partial charge in [0.25, 0.3) is 0 Å². The summed E-state index contributed by atoms with van der Waals surface area (Å²) in [7, 11) is 0. The summed E-state index contributed by atoms with van der Waals surface area (Å²) in [4.78, 5) is 0. The predicted octanol–water partition coefficient (Wildman–Crippen LogP) is 6.31. The second kappa shape index (κ2) is 5.72. The topological polar surface area (TPSA) is 12.0 Å². The van der Waals surface area contributed by atoms with Crippen LogP contribution in [0.25, 0.3) is 10.8 Å². The molecule has 1 heterocycles. The molecule has 3 atom stereocenters. The third-order valence-corrected chi connectivity index (χ3v) is 6.46. The van der Waals surface area contributed by atoms with E-state index in [0.29, 0.717) is 17.9 Å². The van der Waals surface area contributed by atoms with Crippen molar-refractivity contribution in [2.75, 3.05) is 5.32 Å². The van der Waals surface area contributed by atoms with Crippen LogP contribution in [0.1, 0.15) is 34.2 Å². The number of rotatable bonds is 1. The molecule has 2 aliphatic rings. The Morgan fingerprint density at radius 1 is 0.667 bits per heavy atom. The number of anilines is 1. The van der Waals surface area contributed by atoms with Gasteiger partial charge in [-0.2, -0.15) is 0 Å². The highest BCUT2D eigenvalue weighted by Gasteiger charge is 2.43. The molecule has 130 valence electrons. The van der Waals surface area contributed by atoms with Crippen LogP contribution in [-0.4, -0.2) is 0 Å². The lowest BCUT2D eigenvalue weighted by atomic mass is 9.75. The van der Waals surface area contributed by atoms with Crippen molar-refractivity contribution in [1.29, 1.82) is 0 Å². The van der Waals surface area contributed by atoms with Gasteiger partial charge in [0.05, 0.1) is 6.04 Å². The van der Waals surface area contributed by atoms with E-state index in [-0.39, 0.29) is 0 Å². The van der Waals surface area contributed by atoms with Crippen molar-refractivity contribution in [3.63, 3.8) is 0 Å². The first kappa shape index (κ1) is 15.0.